The number of benzene rings is 1. The normalized spacial score (nSPS) is 29.7. The minimum Gasteiger partial charge on any atom is -0.462 e. The summed E-state index contributed by atoms with van der Waals surface area (Å²) >= 11 is 0. The lowest BCUT2D eigenvalue weighted by Gasteiger charge is -2.41. The fourth-order valence-electron chi connectivity index (χ4n) is 7.11. The van der Waals surface area contributed by atoms with Crippen LogP contribution in [-0.4, -0.2) is 18.4 Å². The smallest absolute Gasteiger partial charge is 0.302 e. The van der Waals surface area contributed by atoms with Crippen molar-refractivity contribution >= 4 is 12.3 Å². The minimum atomic E-state index is -0.236. The highest BCUT2D eigenvalue weighted by Gasteiger charge is 2.48. The van der Waals surface area contributed by atoms with Gasteiger partial charge < -0.3 is 4.74 Å². The molecule has 0 spiro atoms. The molecule has 0 aromatic heterocycles. The van der Waals surface area contributed by atoms with Gasteiger partial charge in [-0.25, -0.2) is 0 Å². The zero-order valence-electron chi connectivity index (χ0n) is 23.1. The maximum atomic E-state index is 12.3. The van der Waals surface area contributed by atoms with Crippen LogP contribution in [-0.2, 0) is 16.0 Å². The van der Waals surface area contributed by atoms with Crippen molar-refractivity contribution in [2.45, 2.75) is 118 Å². The SMILES string of the molecule is CC(=O)O[C@H]1CC/C(C)=C\CC[C@]2(C)[C@@H]([C@H](C)CCCC(C)C)CC[C@H]2c2ccc(cc2C=O)C1. The van der Waals surface area contributed by atoms with Crippen LogP contribution in [0.5, 0.6) is 0 Å². The highest BCUT2D eigenvalue weighted by molar-refractivity contribution is 5.78. The number of aldehydes is 1. The van der Waals surface area contributed by atoms with Crippen LogP contribution in [0.1, 0.15) is 127 Å². The van der Waals surface area contributed by atoms with E-state index in [1.807, 2.05) is 0 Å². The van der Waals surface area contributed by atoms with Crippen LogP contribution in [0, 0.1) is 23.2 Å². The Morgan fingerprint density at radius 1 is 1.17 bits per heavy atom. The number of carbonyl (C=O) groups is 2. The number of hydrogen-bond donors (Lipinski definition) is 0. The van der Waals surface area contributed by atoms with Crippen molar-refractivity contribution in [3.8, 4) is 0 Å². The van der Waals surface area contributed by atoms with E-state index in [1.165, 1.54) is 43.7 Å². The molecule has 3 heteroatoms. The number of ether oxygens (including phenoxy) is 1. The third-order valence-corrected chi connectivity index (χ3v) is 9.02. The van der Waals surface area contributed by atoms with Gasteiger partial charge in [0.1, 0.15) is 12.4 Å². The van der Waals surface area contributed by atoms with E-state index < -0.39 is 0 Å². The van der Waals surface area contributed by atoms with Crippen molar-refractivity contribution in [2.24, 2.45) is 23.2 Å². The van der Waals surface area contributed by atoms with Crippen LogP contribution < -0.4 is 0 Å². The average Bonchev–Trinajstić information content (AvgIpc) is 3.13. The van der Waals surface area contributed by atoms with E-state index in [9.17, 15) is 9.59 Å². The molecule has 2 bridgehead atoms. The van der Waals surface area contributed by atoms with Crippen LogP contribution in [0.4, 0.5) is 0 Å². The third-order valence-electron chi connectivity index (χ3n) is 9.02. The summed E-state index contributed by atoms with van der Waals surface area (Å²) in [5.41, 5.74) is 4.72. The van der Waals surface area contributed by atoms with E-state index >= 15 is 0 Å². The standard InChI is InChI=1S/C32H48O3/c1-22(2)9-7-11-24(4)30-16-17-31-29-15-13-26(19-27(29)21-33)20-28(35-25(5)34)14-12-23(3)10-8-18-32(30,31)6/h10,13,15,19,21-22,24,28,30-31H,7-9,11-12,14,16-18,20H2,1-6H3/b23-10-/t24-,28+,30-,31+,32-/m1/s1. The quantitative estimate of drug-likeness (QED) is 0.223. The molecule has 0 N–H and O–H groups in total. The Kier molecular flexibility index (Phi) is 9.78. The molecule has 0 unspecified atom stereocenters. The van der Waals surface area contributed by atoms with Gasteiger partial charge in [0.05, 0.1) is 0 Å². The number of carbonyl (C=O) groups excluding carboxylic acids is 2. The molecular weight excluding hydrogens is 432 g/mol. The van der Waals surface area contributed by atoms with Crippen LogP contribution in [0.3, 0.4) is 0 Å². The van der Waals surface area contributed by atoms with Crippen LogP contribution in [0.15, 0.2) is 29.8 Å². The van der Waals surface area contributed by atoms with E-state index in [1.54, 1.807) is 0 Å². The topological polar surface area (TPSA) is 43.4 Å². The molecule has 5 atom stereocenters. The minimum absolute atomic E-state index is 0.156. The van der Waals surface area contributed by atoms with Gasteiger partial charge in [-0.1, -0.05) is 70.7 Å². The zero-order chi connectivity index (χ0) is 25.6. The highest BCUT2D eigenvalue weighted by Crippen LogP contribution is 2.59. The molecule has 194 valence electrons. The maximum Gasteiger partial charge on any atom is 0.302 e. The first-order valence-electron chi connectivity index (χ1n) is 14.0. The second-order valence-corrected chi connectivity index (χ2v) is 12.2. The maximum absolute atomic E-state index is 12.3. The largest absolute Gasteiger partial charge is 0.462 e. The molecule has 1 fully saturated rings. The fraction of sp³-hybridized carbons (Fsp3) is 0.688. The number of hydrogen-bond acceptors (Lipinski definition) is 3. The van der Waals surface area contributed by atoms with Crippen molar-refractivity contribution < 1.29 is 14.3 Å². The van der Waals surface area contributed by atoms with E-state index in [2.05, 4.69) is 58.9 Å². The number of allylic oxidation sites excluding steroid dienone is 2. The Morgan fingerprint density at radius 2 is 1.94 bits per heavy atom. The van der Waals surface area contributed by atoms with Gasteiger partial charge in [-0.2, -0.15) is 0 Å². The molecule has 0 aliphatic heterocycles. The lowest BCUT2D eigenvalue weighted by atomic mass is 9.63. The Hall–Kier alpha value is -1.90. The van der Waals surface area contributed by atoms with Crippen LogP contribution >= 0.6 is 0 Å². The predicted octanol–water partition coefficient (Wildman–Crippen LogP) is 8.46. The summed E-state index contributed by atoms with van der Waals surface area (Å²) < 4.78 is 5.65. The van der Waals surface area contributed by atoms with Crippen molar-refractivity contribution in [3.63, 3.8) is 0 Å². The van der Waals surface area contributed by atoms with Gasteiger partial charge in [-0.3, -0.25) is 9.59 Å². The van der Waals surface area contributed by atoms with Crippen LogP contribution in [0.25, 0.3) is 0 Å². The molecule has 3 aliphatic carbocycles. The second-order valence-electron chi connectivity index (χ2n) is 12.2. The zero-order valence-corrected chi connectivity index (χ0v) is 23.1. The molecule has 0 amide bonds. The number of rotatable bonds is 7. The van der Waals surface area contributed by atoms with E-state index in [0.717, 1.165) is 55.4 Å². The van der Waals surface area contributed by atoms with Gasteiger partial charge in [0, 0.05) is 18.9 Å². The Bertz CT molecular complexity index is 898. The monoisotopic (exact) mass is 480 g/mol. The summed E-state index contributed by atoms with van der Waals surface area (Å²) in [6.45, 7) is 13.3. The summed E-state index contributed by atoms with van der Waals surface area (Å²) in [5.74, 6) is 2.34. The molecule has 4 rings (SSSR count). The summed E-state index contributed by atoms with van der Waals surface area (Å²) in [6, 6.07) is 6.45. The molecular formula is C32H48O3. The third kappa shape index (κ3) is 7.08. The van der Waals surface area contributed by atoms with Crippen molar-refractivity contribution in [1.82, 2.24) is 0 Å². The fourth-order valence-corrected chi connectivity index (χ4v) is 7.11. The predicted molar refractivity (Wildman–Crippen MR) is 145 cm³/mol. The number of fused-ring (bicyclic) bond motifs is 8. The first-order chi connectivity index (χ1) is 16.6. The molecule has 3 aliphatic rings. The molecule has 35 heavy (non-hydrogen) atoms. The Morgan fingerprint density at radius 3 is 2.63 bits per heavy atom. The van der Waals surface area contributed by atoms with E-state index in [4.69, 9.17) is 4.74 Å². The molecule has 3 nitrogen and oxygen atoms in total. The summed E-state index contributed by atoms with van der Waals surface area (Å²) in [4.78, 5) is 24.0. The van der Waals surface area contributed by atoms with Gasteiger partial charge in [0.25, 0.3) is 0 Å². The lowest BCUT2D eigenvalue weighted by Crippen LogP contribution is -2.32. The van der Waals surface area contributed by atoms with Gasteiger partial charge >= 0.3 is 5.97 Å². The Labute approximate surface area is 214 Å². The first kappa shape index (κ1) is 27.7. The average molecular weight is 481 g/mol. The van der Waals surface area contributed by atoms with Gasteiger partial charge in [0.2, 0.25) is 0 Å². The summed E-state index contributed by atoms with van der Waals surface area (Å²) in [6.07, 6.45) is 14.3. The molecule has 1 saturated carbocycles. The van der Waals surface area contributed by atoms with Gasteiger partial charge in [-0.15, -0.1) is 0 Å². The van der Waals surface area contributed by atoms with E-state index in [-0.39, 0.29) is 17.5 Å². The van der Waals surface area contributed by atoms with Crippen molar-refractivity contribution in [3.05, 3.63) is 46.5 Å². The van der Waals surface area contributed by atoms with Gasteiger partial charge in [0.15, 0.2) is 0 Å². The molecule has 0 saturated heterocycles. The molecule has 0 radical (unpaired) electrons. The Balaban J connectivity index is 1.94. The molecule has 1 aromatic rings. The molecule has 0 heterocycles. The van der Waals surface area contributed by atoms with Crippen LogP contribution in [0.2, 0.25) is 0 Å². The summed E-state index contributed by atoms with van der Waals surface area (Å²) in [7, 11) is 0. The lowest BCUT2D eigenvalue weighted by molar-refractivity contribution is -0.146. The van der Waals surface area contributed by atoms with Crippen molar-refractivity contribution in [1.29, 1.82) is 0 Å². The first-order valence-corrected chi connectivity index (χ1v) is 14.0. The van der Waals surface area contributed by atoms with Gasteiger partial charge in [-0.05, 0) is 91.7 Å². The summed E-state index contributed by atoms with van der Waals surface area (Å²) in [5, 5.41) is 0. The second kappa shape index (κ2) is 12.4. The van der Waals surface area contributed by atoms with E-state index in [0.29, 0.717) is 24.2 Å². The number of esters is 1. The van der Waals surface area contributed by atoms with Crippen molar-refractivity contribution in [2.75, 3.05) is 0 Å². The highest BCUT2D eigenvalue weighted by atomic mass is 16.5. The molecule has 1 aromatic carbocycles.